The summed E-state index contributed by atoms with van der Waals surface area (Å²) in [4.78, 5) is 19.0. The van der Waals surface area contributed by atoms with Crippen LogP contribution in [0.15, 0.2) is 72.8 Å². The lowest BCUT2D eigenvalue weighted by Gasteiger charge is -2.32. The minimum absolute atomic E-state index is 0.331. The van der Waals surface area contributed by atoms with Gasteiger partial charge in [-0.3, -0.25) is 0 Å². The van der Waals surface area contributed by atoms with Crippen molar-refractivity contribution in [3.8, 4) is 5.75 Å². The van der Waals surface area contributed by atoms with Crippen molar-refractivity contribution < 1.29 is 18.3 Å². The van der Waals surface area contributed by atoms with E-state index in [9.17, 15) is 13.6 Å². The second-order valence-corrected chi connectivity index (χ2v) is 8.69. The number of anilines is 1. The highest BCUT2D eigenvalue weighted by Gasteiger charge is 2.25. The van der Waals surface area contributed by atoms with Crippen molar-refractivity contribution in [3.63, 3.8) is 0 Å². The van der Waals surface area contributed by atoms with Gasteiger partial charge in [0.15, 0.2) is 0 Å². The molecule has 3 aromatic carbocycles. The minimum atomic E-state index is -0.787. The van der Waals surface area contributed by atoms with E-state index in [1.54, 1.807) is 4.90 Å². The van der Waals surface area contributed by atoms with Crippen LogP contribution >= 0.6 is 0 Å². The fourth-order valence-corrected chi connectivity index (χ4v) is 4.48. The Balaban J connectivity index is 1.24. The van der Waals surface area contributed by atoms with Gasteiger partial charge in [-0.05, 0) is 55.2 Å². The van der Waals surface area contributed by atoms with Crippen molar-refractivity contribution in [3.05, 3.63) is 90.3 Å². The maximum Gasteiger partial charge on any atom is 0.322 e. The Kier molecular flexibility index (Phi) is 6.61. The molecule has 1 saturated heterocycles. The molecule has 0 unspecified atom stereocenters. The number of ether oxygens (including phenoxy) is 1. The number of hydrogen-bond donors (Lipinski definition) is 1. The van der Waals surface area contributed by atoms with Crippen molar-refractivity contribution in [2.24, 2.45) is 5.92 Å². The van der Waals surface area contributed by atoms with Crippen LogP contribution in [-0.4, -0.2) is 33.6 Å². The number of halogens is 2. The number of aromatic nitrogens is 2. The number of imidazole rings is 1. The number of likely N-dealkylation sites (tertiary alicyclic amines) is 1. The van der Waals surface area contributed by atoms with Crippen LogP contribution in [0.4, 0.5) is 19.3 Å². The third-order valence-electron chi connectivity index (χ3n) is 6.38. The molecule has 35 heavy (non-hydrogen) atoms. The molecular formula is C27H26F2N4O2. The van der Waals surface area contributed by atoms with E-state index in [1.807, 2.05) is 48.5 Å². The molecule has 0 spiro atoms. The van der Waals surface area contributed by atoms with Crippen molar-refractivity contribution >= 4 is 22.8 Å². The molecule has 4 aromatic rings. The Morgan fingerprint density at radius 3 is 2.37 bits per heavy atom. The average Bonchev–Trinajstić information content (AvgIpc) is 3.23. The lowest BCUT2D eigenvalue weighted by atomic mass is 9.96. The van der Waals surface area contributed by atoms with Crippen LogP contribution in [0.25, 0.3) is 11.0 Å². The third-order valence-corrected chi connectivity index (χ3v) is 6.38. The van der Waals surface area contributed by atoms with Gasteiger partial charge in [0, 0.05) is 19.6 Å². The second kappa shape index (κ2) is 10.1. The lowest BCUT2D eigenvalue weighted by molar-refractivity contribution is 0.176. The van der Waals surface area contributed by atoms with Gasteiger partial charge in [0.2, 0.25) is 0 Å². The summed E-state index contributed by atoms with van der Waals surface area (Å²) in [6.07, 6.45) is 1.55. The molecule has 6 nitrogen and oxygen atoms in total. The third kappa shape index (κ3) is 5.11. The van der Waals surface area contributed by atoms with Crippen LogP contribution < -0.4 is 10.1 Å². The van der Waals surface area contributed by atoms with Crippen LogP contribution in [-0.2, 0) is 13.2 Å². The highest BCUT2D eigenvalue weighted by molar-refractivity contribution is 5.89. The van der Waals surface area contributed by atoms with Gasteiger partial charge in [0.05, 0.1) is 11.0 Å². The summed E-state index contributed by atoms with van der Waals surface area (Å²) in [5.41, 5.74) is 1.56. The smallest absolute Gasteiger partial charge is 0.322 e. The lowest BCUT2D eigenvalue weighted by Crippen LogP contribution is -2.42. The summed E-state index contributed by atoms with van der Waals surface area (Å²) in [6.45, 7) is 2.13. The maximum absolute atomic E-state index is 13.9. The highest BCUT2D eigenvalue weighted by atomic mass is 19.1. The average molecular weight is 477 g/mol. The van der Waals surface area contributed by atoms with E-state index < -0.39 is 23.4 Å². The summed E-state index contributed by atoms with van der Waals surface area (Å²) >= 11 is 0. The minimum Gasteiger partial charge on any atom is -0.486 e. The van der Waals surface area contributed by atoms with Crippen LogP contribution in [0.5, 0.6) is 5.75 Å². The van der Waals surface area contributed by atoms with E-state index in [0.717, 1.165) is 54.1 Å². The van der Waals surface area contributed by atoms with Gasteiger partial charge in [0.1, 0.15) is 35.5 Å². The van der Waals surface area contributed by atoms with E-state index >= 15 is 0 Å². The first-order chi connectivity index (χ1) is 17.1. The van der Waals surface area contributed by atoms with Crippen LogP contribution in [0.1, 0.15) is 18.7 Å². The fraction of sp³-hybridized carbons (Fsp3) is 0.259. The summed E-state index contributed by atoms with van der Waals surface area (Å²) < 4.78 is 36.0. The summed E-state index contributed by atoms with van der Waals surface area (Å²) in [5, 5.41) is 2.38. The number of fused-ring (bicyclic) bond motifs is 1. The van der Waals surface area contributed by atoms with Crippen molar-refractivity contribution in [2.45, 2.75) is 26.0 Å². The first-order valence-electron chi connectivity index (χ1n) is 11.7. The van der Waals surface area contributed by atoms with Gasteiger partial charge >= 0.3 is 6.03 Å². The predicted octanol–water partition coefficient (Wildman–Crippen LogP) is 5.84. The summed E-state index contributed by atoms with van der Waals surface area (Å²) in [5.74, 6) is 0.398. The quantitative estimate of drug-likeness (QED) is 0.381. The first kappa shape index (κ1) is 22.8. The molecule has 2 heterocycles. The molecule has 8 heteroatoms. The molecule has 180 valence electrons. The molecule has 0 saturated carbocycles. The molecule has 1 N–H and O–H groups in total. The molecule has 1 aliphatic heterocycles. The number of carbonyl (C=O) groups excluding carboxylic acids is 1. The number of carbonyl (C=O) groups is 1. The van der Waals surface area contributed by atoms with Gasteiger partial charge < -0.3 is 19.5 Å². The number of amides is 2. The van der Waals surface area contributed by atoms with Crippen molar-refractivity contribution in [1.29, 1.82) is 0 Å². The zero-order valence-electron chi connectivity index (χ0n) is 19.2. The first-order valence-corrected chi connectivity index (χ1v) is 11.7. The number of urea groups is 1. The largest absolute Gasteiger partial charge is 0.486 e. The van der Waals surface area contributed by atoms with Crippen LogP contribution in [0.2, 0.25) is 0 Å². The normalized spacial score (nSPS) is 14.3. The summed E-state index contributed by atoms with van der Waals surface area (Å²) in [7, 11) is 0. The number of benzene rings is 3. The molecule has 0 atom stereocenters. The zero-order chi connectivity index (χ0) is 24.2. The number of piperidine rings is 1. The number of nitrogens with one attached hydrogen (secondary N) is 1. The molecule has 5 rings (SSSR count). The standard InChI is InChI=1S/C27H26F2N4O2/c28-21-9-6-10-22(29)26(21)31-27(34)32-15-13-19(14-16-32)17-33-24-12-5-4-11-23(24)30-25(33)18-35-20-7-2-1-3-8-20/h1-12,19H,13-18H2,(H,31,34). The second-order valence-electron chi connectivity index (χ2n) is 8.69. The Morgan fingerprint density at radius 2 is 1.63 bits per heavy atom. The predicted molar refractivity (Wildman–Crippen MR) is 130 cm³/mol. The molecule has 1 aliphatic rings. The number of hydrogen-bond acceptors (Lipinski definition) is 3. The molecular weight excluding hydrogens is 450 g/mol. The van der Waals surface area contributed by atoms with E-state index in [2.05, 4.69) is 16.0 Å². The Morgan fingerprint density at radius 1 is 0.943 bits per heavy atom. The Bertz CT molecular complexity index is 1300. The molecule has 1 aromatic heterocycles. The number of rotatable bonds is 6. The van der Waals surface area contributed by atoms with Gasteiger partial charge in [0.25, 0.3) is 0 Å². The zero-order valence-corrected chi connectivity index (χ0v) is 19.2. The summed E-state index contributed by atoms with van der Waals surface area (Å²) in [6, 6.07) is 20.7. The molecule has 0 radical (unpaired) electrons. The van der Waals surface area contributed by atoms with Crippen molar-refractivity contribution in [2.75, 3.05) is 18.4 Å². The Hall–Kier alpha value is -3.94. The SMILES string of the molecule is O=C(Nc1c(F)cccc1F)N1CCC(Cn2c(COc3ccccc3)nc3ccccc32)CC1. The monoisotopic (exact) mass is 476 g/mol. The van der Waals surface area contributed by atoms with Crippen LogP contribution in [0.3, 0.4) is 0 Å². The number of nitrogens with zero attached hydrogens (tertiary/aromatic N) is 3. The fourth-order valence-electron chi connectivity index (χ4n) is 4.48. The number of para-hydroxylation sites is 4. The van der Waals surface area contributed by atoms with E-state index in [4.69, 9.17) is 9.72 Å². The van der Waals surface area contributed by atoms with Crippen molar-refractivity contribution in [1.82, 2.24) is 14.5 Å². The van der Waals surface area contributed by atoms with Crippen LogP contribution in [0, 0.1) is 17.6 Å². The maximum atomic E-state index is 13.9. The van der Waals surface area contributed by atoms with E-state index in [-0.39, 0.29) is 0 Å². The molecule has 0 aliphatic carbocycles. The highest BCUT2D eigenvalue weighted by Crippen LogP contribution is 2.26. The van der Waals surface area contributed by atoms with Gasteiger partial charge in [-0.1, -0.05) is 36.4 Å². The molecule has 2 amide bonds. The topological polar surface area (TPSA) is 59.4 Å². The van der Waals surface area contributed by atoms with E-state index in [0.29, 0.717) is 25.6 Å². The van der Waals surface area contributed by atoms with Gasteiger partial charge in [-0.2, -0.15) is 0 Å². The van der Waals surface area contributed by atoms with E-state index in [1.165, 1.54) is 6.07 Å². The molecule has 1 fully saturated rings. The van der Waals surface area contributed by atoms with Gasteiger partial charge in [-0.15, -0.1) is 0 Å². The van der Waals surface area contributed by atoms with Gasteiger partial charge in [-0.25, -0.2) is 18.6 Å². The Labute approximate surface area is 202 Å². The molecule has 0 bridgehead atoms.